The summed E-state index contributed by atoms with van der Waals surface area (Å²) in [7, 11) is 0. The lowest BCUT2D eigenvalue weighted by Crippen LogP contribution is -2.24. The minimum Gasteiger partial charge on any atom is -0.493 e. The fraction of sp³-hybridized carbons (Fsp3) is 0.167. The van der Waals surface area contributed by atoms with Gasteiger partial charge >= 0.3 is 0 Å². The average molecular weight is 266 g/mol. The van der Waals surface area contributed by atoms with Crippen LogP contribution in [0.2, 0.25) is 5.02 Å². The second kappa shape index (κ2) is 5.10. The Hall–Kier alpha value is -2.01. The first-order valence-electron chi connectivity index (χ1n) is 5.33. The van der Waals surface area contributed by atoms with Gasteiger partial charge in [0.1, 0.15) is 5.75 Å². The molecule has 0 radical (unpaired) electrons. The summed E-state index contributed by atoms with van der Waals surface area (Å²) >= 11 is 5.90. The normalized spacial score (nSPS) is 13.7. The first kappa shape index (κ1) is 12.4. The minimum atomic E-state index is -0.452. The Morgan fingerprint density at radius 3 is 2.89 bits per heavy atom. The van der Waals surface area contributed by atoms with Crippen LogP contribution in [0.3, 0.4) is 0 Å². The second-order valence-corrected chi connectivity index (χ2v) is 4.23. The number of benzene rings is 1. The smallest absolute Gasteiger partial charge is 0.276 e. The highest BCUT2D eigenvalue weighted by Crippen LogP contribution is 2.28. The van der Waals surface area contributed by atoms with E-state index in [0.29, 0.717) is 29.4 Å². The topological polar surface area (TPSA) is 90.7 Å². The van der Waals surface area contributed by atoms with Crippen molar-refractivity contribution >= 4 is 29.5 Å². The fourth-order valence-electron chi connectivity index (χ4n) is 1.65. The summed E-state index contributed by atoms with van der Waals surface area (Å²) < 4.78 is 5.51. The number of nitrogens with zero attached hydrogens (tertiary/aromatic N) is 1. The van der Waals surface area contributed by atoms with Gasteiger partial charge in [0.15, 0.2) is 5.96 Å². The number of carbonyl (C=O) groups excluding carboxylic acids is 1. The molecular formula is C12H12ClN3O2. The third kappa shape index (κ3) is 2.81. The summed E-state index contributed by atoms with van der Waals surface area (Å²) in [5.74, 6) is -0.0179. The molecule has 0 aromatic heterocycles. The quantitative estimate of drug-likeness (QED) is 0.592. The average Bonchev–Trinajstić information content (AvgIpc) is 2.49. The first-order valence-corrected chi connectivity index (χ1v) is 5.71. The minimum absolute atomic E-state index is 0.252. The van der Waals surface area contributed by atoms with Gasteiger partial charge in [-0.15, -0.1) is 0 Å². The van der Waals surface area contributed by atoms with Crippen LogP contribution in [0.25, 0.3) is 6.08 Å². The lowest BCUT2D eigenvalue weighted by Gasteiger charge is -2.05. The van der Waals surface area contributed by atoms with Crippen LogP contribution in [0.4, 0.5) is 0 Å². The summed E-state index contributed by atoms with van der Waals surface area (Å²) in [6.07, 6.45) is 2.14. The number of aliphatic imine (C=N–C) groups is 1. The standard InChI is InChI=1S/C12H12ClN3O2/c13-9-1-2-10-8(6-9)5-7(3-4-18-10)11(17)16-12(14)15/h1-2,5-6H,3-4H2,(H4,14,15,16,17). The van der Waals surface area contributed by atoms with E-state index in [1.54, 1.807) is 24.3 Å². The largest absolute Gasteiger partial charge is 0.493 e. The Morgan fingerprint density at radius 1 is 1.39 bits per heavy atom. The summed E-state index contributed by atoms with van der Waals surface area (Å²) in [4.78, 5) is 15.3. The predicted molar refractivity (Wildman–Crippen MR) is 70.4 cm³/mol. The SMILES string of the molecule is NC(N)=NC(=O)C1=Cc2cc(Cl)ccc2OCC1. The van der Waals surface area contributed by atoms with E-state index in [-0.39, 0.29) is 5.96 Å². The molecule has 2 rings (SSSR count). The lowest BCUT2D eigenvalue weighted by molar-refractivity contribution is -0.114. The van der Waals surface area contributed by atoms with Crippen LogP contribution in [-0.2, 0) is 4.79 Å². The number of hydrogen-bond acceptors (Lipinski definition) is 2. The molecule has 0 spiro atoms. The molecule has 6 heteroatoms. The van der Waals surface area contributed by atoms with E-state index >= 15 is 0 Å². The van der Waals surface area contributed by atoms with Crippen molar-refractivity contribution in [3.05, 3.63) is 34.4 Å². The van der Waals surface area contributed by atoms with Crippen LogP contribution in [0.1, 0.15) is 12.0 Å². The second-order valence-electron chi connectivity index (χ2n) is 3.79. The van der Waals surface area contributed by atoms with Crippen molar-refractivity contribution in [2.75, 3.05) is 6.61 Å². The molecule has 94 valence electrons. The van der Waals surface area contributed by atoms with E-state index < -0.39 is 5.91 Å². The number of ether oxygens (including phenoxy) is 1. The Kier molecular flexibility index (Phi) is 3.53. The van der Waals surface area contributed by atoms with Gasteiger partial charge in [-0.1, -0.05) is 11.6 Å². The van der Waals surface area contributed by atoms with Crippen LogP contribution >= 0.6 is 11.6 Å². The fourth-order valence-corrected chi connectivity index (χ4v) is 1.83. The highest BCUT2D eigenvalue weighted by Gasteiger charge is 2.15. The molecule has 0 saturated carbocycles. The predicted octanol–water partition coefficient (Wildman–Crippen LogP) is 1.31. The number of rotatable bonds is 1. The van der Waals surface area contributed by atoms with Crippen molar-refractivity contribution in [1.82, 2.24) is 0 Å². The molecule has 1 amide bonds. The molecule has 0 bridgehead atoms. The monoisotopic (exact) mass is 265 g/mol. The maximum absolute atomic E-state index is 11.8. The van der Waals surface area contributed by atoms with Gasteiger partial charge in [0, 0.05) is 22.6 Å². The zero-order valence-electron chi connectivity index (χ0n) is 9.52. The third-order valence-corrected chi connectivity index (χ3v) is 2.67. The van der Waals surface area contributed by atoms with Gasteiger partial charge < -0.3 is 16.2 Å². The number of fused-ring (bicyclic) bond motifs is 1. The highest BCUT2D eigenvalue weighted by atomic mass is 35.5. The number of halogens is 1. The van der Waals surface area contributed by atoms with Gasteiger partial charge in [-0.3, -0.25) is 4.79 Å². The van der Waals surface area contributed by atoms with Crippen molar-refractivity contribution in [2.45, 2.75) is 6.42 Å². The Balaban J connectivity index is 2.39. The van der Waals surface area contributed by atoms with E-state index in [2.05, 4.69) is 4.99 Å². The summed E-state index contributed by atoms with van der Waals surface area (Å²) in [6.45, 7) is 0.395. The van der Waals surface area contributed by atoms with Crippen molar-refractivity contribution in [3.63, 3.8) is 0 Å². The van der Waals surface area contributed by atoms with Crippen molar-refractivity contribution in [2.24, 2.45) is 16.5 Å². The van der Waals surface area contributed by atoms with Crippen LogP contribution in [0, 0.1) is 0 Å². The lowest BCUT2D eigenvalue weighted by atomic mass is 10.1. The molecule has 1 aliphatic heterocycles. The molecule has 0 aliphatic carbocycles. The molecule has 1 aromatic carbocycles. The van der Waals surface area contributed by atoms with Crippen LogP contribution < -0.4 is 16.2 Å². The molecular weight excluding hydrogens is 254 g/mol. The van der Waals surface area contributed by atoms with Crippen molar-refractivity contribution in [1.29, 1.82) is 0 Å². The highest BCUT2D eigenvalue weighted by molar-refractivity contribution is 6.30. The molecule has 1 aromatic rings. The van der Waals surface area contributed by atoms with Gasteiger partial charge in [-0.2, -0.15) is 4.99 Å². The Bertz CT molecular complexity index is 548. The molecule has 0 fully saturated rings. The third-order valence-electron chi connectivity index (χ3n) is 2.44. The van der Waals surface area contributed by atoms with Crippen LogP contribution in [0.15, 0.2) is 28.8 Å². The van der Waals surface area contributed by atoms with Crippen LogP contribution in [0.5, 0.6) is 5.75 Å². The van der Waals surface area contributed by atoms with Crippen LogP contribution in [-0.4, -0.2) is 18.5 Å². The van der Waals surface area contributed by atoms with E-state index in [4.69, 9.17) is 27.8 Å². The maximum atomic E-state index is 11.8. The van der Waals surface area contributed by atoms with Crippen molar-refractivity contribution < 1.29 is 9.53 Å². The Morgan fingerprint density at radius 2 is 2.17 bits per heavy atom. The molecule has 0 atom stereocenters. The molecule has 4 N–H and O–H groups in total. The number of carbonyl (C=O) groups is 1. The number of hydrogen-bond donors (Lipinski definition) is 2. The summed E-state index contributed by atoms with van der Waals surface area (Å²) in [6, 6.07) is 5.23. The summed E-state index contributed by atoms with van der Waals surface area (Å²) in [5.41, 5.74) is 11.6. The van der Waals surface area contributed by atoms with Gasteiger partial charge in [-0.25, -0.2) is 0 Å². The number of amides is 1. The number of guanidine groups is 1. The molecule has 18 heavy (non-hydrogen) atoms. The van der Waals surface area contributed by atoms with Gasteiger partial charge in [0.25, 0.3) is 5.91 Å². The molecule has 1 heterocycles. The zero-order chi connectivity index (χ0) is 13.1. The van der Waals surface area contributed by atoms with E-state index in [0.717, 1.165) is 5.56 Å². The molecule has 1 aliphatic rings. The first-order chi connectivity index (χ1) is 8.56. The molecule has 0 saturated heterocycles. The van der Waals surface area contributed by atoms with Gasteiger partial charge in [0.05, 0.1) is 6.61 Å². The van der Waals surface area contributed by atoms with E-state index in [1.165, 1.54) is 0 Å². The van der Waals surface area contributed by atoms with E-state index in [9.17, 15) is 4.79 Å². The zero-order valence-corrected chi connectivity index (χ0v) is 10.3. The molecule has 5 nitrogen and oxygen atoms in total. The van der Waals surface area contributed by atoms with Crippen molar-refractivity contribution in [3.8, 4) is 5.75 Å². The van der Waals surface area contributed by atoms with E-state index in [1.807, 2.05) is 0 Å². The van der Waals surface area contributed by atoms with Gasteiger partial charge in [0.2, 0.25) is 0 Å². The summed E-state index contributed by atoms with van der Waals surface area (Å²) in [5, 5.41) is 0.573. The number of nitrogens with two attached hydrogens (primary N) is 2. The maximum Gasteiger partial charge on any atom is 0.276 e. The van der Waals surface area contributed by atoms with Gasteiger partial charge in [-0.05, 0) is 24.3 Å². The Labute approximate surface area is 109 Å². The molecule has 0 unspecified atom stereocenters.